The molecule has 2 heterocycles. The Bertz CT molecular complexity index is 458. The molecule has 1 saturated heterocycles. The molecule has 0 radical (unpaired) electrons. The van der Waals surface area contributed by atoms with Crippen molar-refractivity contribution in [3.8, 4) is 0 Å². The van der Waals surface area contributed by atoms with Gasteiger partial charge in [0.2, 0.25) is 0 Å². The third kappa shape index (κ3) is 5.21. The Morgan fingerprint density at radius 2 is 2.00 bits per heavy atom. The molecule has 0 saturated carbocycles. The van der Waals surface area contributed by atoms with E-state index in [1.54, 1.807) is 17.3 Å². The lowest BCUT2D eigenvalue weighted by molar-refractivity contribution is 0.0256. The molecule has 0 aromatic carbocycles. The third-order valence-corrected chi connectivity index (χ3v) is 3.31. The molecule has 1 atom stereocenters. The standard InChI is InChI=1S/C15H24N4O2/c1-15(2,3)21-14(20)19-7-4-5-12(6-8-19)18-13-9-16-11-17-10-13/h9-12,18H,4-8H2,1-3H3. The van der Waals surface area contributed by atoms with E-state index in [0.717, 1.165) is 31.5 Å². The Hall–Kier alpha value is -1.85. The average Bonchev–Trinajstić information content (AvgIpc) is 2.64. The van der Waals surface area contributed by atoms with E-state index in [9.17, 15) is 4.79 Å². The van der Waals surface area contributed by atoms with Crippen LogP contribution in [-0.4, -0.2) is 45.7 Å². The van der Waals surface area contributed by atoms with Crippen molar-refractivity contribution >= 4 is 11.8 Å². The zero-order chi connectivity index (χ0) is 15.3. The number of ether oxygens (including phenoxy) is 1. The van der Waals surface area contributed by atoms with Crippen LogP contribution in [0, 0.1) is 0 Å². The predicted molar refractivity (Wildman–Crippen MR) is 81.1 cm³/mol. The van der Waals surface area contributed by atoms with Crippen molar-refractivity contribution in [3.63, 3.8) is 0 Å². The second-order valence-electron chi connectivity index (χ2n) is 6.37. The summed E-state index contributed by atoms with van der Waals surface area (Å²) in [4.78, 5) is 21.9. The van der Waals surface area contributed by atoms with Crippen LogP contribution in [0.4, 0.5) is 10.5 Å². The van der Waals surface area contributed by atoms with Gasteiger partial charge in [-0.2, -0.15) is 0 Å². The number of likely N-dealkylation sites (tertiary alicyclic amines) is 1. The monoisotopic (exact) mass is 292 g/mol. The van der Waals surface area contributed by atoms with Crippen LogP contribution in [0.1, 0.15) is 40.0 Å². The summed E-state index contributed by atoms with van der Waals surface area (Å²) in [5, 5.41) is 3.42. The van der Waals surface area contributed by atoms with Gasteiger partial charge in [0, 0.05) is 19.1 Å². The van der Waals surface area contributed by atoms with Crippen LogP contribution in [0.3, 0.4) is 0 Å². The second-order valence-corrected chi connectivity index (χ2v) is 6.37. The summed E-state index contributed by atoms with van der Waals surface area (Å²) in [7, 11) is 0. The van der Waals surface area contributed by atoms with Crippen molar-refractivity contribution in [2.75, 3.05) is 18.4 Å². The Morgan fingerprint density at radius 3 is 2.67 bits per heavy atom. The molecule has 1 aliphatic heterocycles. The number of amides is 1. The molecule has 21 heavy (non-hydrogen) atoms. The number of carbonyl (C=O) groups excluding carboxylic acids is 1. The molecular weight excluding hydrogens is 268 g/mol. The molecule has 1 N–H and O–H groups in total. The van der Waals surface area contributed by atoms with Crippen molar-refractivity contribution < 1.29 is 9.53 Å². The molecule has 6 heteroatoms. The van der Waals surface area contributed by atoms with Gasteiger partial charge < -0.3 is 15.0 Å². The van der Waals surface area contributed by atoms with E-state index < -0.39 is 5.60 Å². The summed E-state index contributed by atoms with van der Waals surface area (Å²) in [6, 6.07) is 0.337. The highest BCUT2D eigenvalue weighted by Gasteiger charge is 2.25. The predicted octanol–water partition coefficient (Wildman–Crippen LogP) is 2.68. The zero-order valence-corrected chi connectivity index (χ0v) is 13.0. The van der Waals surface area contributed by atoms with Crippen molar-refractivity contribution in [2.24, 2.45) is 0 Å². The molecule has 1 aromatic heterocycles. The molecule has 1 aromatic rings. The highest BCUT2D eigenvalue weighted by Crippen LogP contribution is 2.18. The van der Waals surface area contributed by atoms with E-state index in [1.165, 1.54) is 6.33 Å². The van der Waals surface area contributed by atoms with Gasteiger partial charge >= 0.3 is 6.09 Å². The number of hydrogen-bond donors (Lipinski definition) is 1. The minimum atomic E-state index is -0.442. The maximum atomic E-state index is 12.1. The second kappa shape index (κ2) is 6.74. The summed E-state index contributed by atoms with van der Waals surface area (Å²) in [5.41, 5.74) is 0.482. The van der Waals surface area contributed by atoms with E-state index >= 15 is 0 Å². The molecular formula is C15H24N4O2. The van der Waals surface area contributed by atoms with Crippen molar-refractivity contribution in [3.05, 3.63) is 18.7 Å². The van der Waals surface area contributed by atoms with Crippen molar-refractivity contribution in [1.82, 2.24) is 14.9 Å². The lowest BCUT2D eigenvalue weighted by Gasteiger charge is -2.26. The minimum absolute atomic E-state index is 0.216. The van der Waals surface area contributed by atoms with Crippen LogP contribution in [0.25, 0.3) is 0 Å². The number of aromatic nitrogens is 2. The fourth-order valence-electron chi connectivity index (χ4n) is 2.36. The zero-order valence-electron chi connectivity index (χ0n) is 13.0. The van der Waals surface area contributed by atoms with E-state index in [2.05, 4.69) is 15.3 Å². The van der Waals surface area contributed by atoms with Gasteiger partial charge in [-0.1, -0.05) is 0 Å². The van der Waals surface area contributed by atoms with Crippen LogP contribution in [0.15, 0.2) is 18.7 Å². The van der Waals surface area contributed by atoms with Crippen LogP contribution >= 0.6 is 0 Å². The first kappa shape index (κ1) is 15.5. The minimum Gasteiger partial charge on any atom is -0.444 e. The summed E-state index contributed by atoms with van der Waals surface area (Å²) in [5.74, 6) is 0. The lowest BCUT2D eigenvalue weighted by atomic mass is 10.1. The molecule has 0 bridgehead atoms. The van der Waals surface area contributed by atoms with Crippen LogP contribution in [-0.2, 0) is 4.74 Å². The molecule has 1 unspecified atom stereocenters. The normalized spacial score (nSPS) is 19.8. The summed E-state index contributed by atoms with van der Waals surface area (Å²) >= 11 is 0. The number of nitrogens with one attached hydrogen (secondary N) is 1. The van der Waals surface area contributed by atoms with Gasteiger partial charge in [0.15, 0.2) is 0 Å². The van der Waals surface area contributed by atoms with Gasteiger partial charge in [-0.15, -0.1) is 0 Å². The maximum Gasteiger partial charge on any atom is 0.410 e. The molecule has 1 aliphatic rings. The van der Waals surface area contributed by atoms with Crippen LogP contribution in [0.2, 0.25) is 0 Å². The first-order valence-electron chi connectivity index (χ1n) is 7.43. The fourth-order valence-corrected chi connectivity index (χ4v) is 2.36. The average molecular weight is 292 g/mol. The molecule has 1 fully saturated rings. The van der Waals surface area contributed by atoms with E-state index in [4.69, 9.17) is 4.74 Å². The molecule has 116 valence electrons. The fraction of sp³-hybridized carbons (Fsp3) is 0.667. The maximum absolute atomic E-state index is 12.1. The Kier molecular flexibility index (Phi) is 4.98. The Balaban J connectivity index is 1.86. The largest absolute Gasteiger partial charge is 0.444 e. The quantitative estimate of drug-likeness (QED) is 0.907. The van der Waals surface area contributed by atoms with Gasteiger partial charge in [-0.3, -0.25) is 0 Å². The van der Waals surface area contributed by atoms with Gasteiger partial charge in [0.1, 0.15) is 11.9 Å². The summed E-state index contributed by atoms with van der Waals surface area (Å²) in [6.07, 6.45) is 7.72. The van der Waals surface area contributed by atoms with Crippen LogP contribution < -0.4 is 5.32 Å². The number of nitrogens with zero attached hydrogens (tertiary/aromatic N) is 3. The molecule has 6 nitrogen and oxygen atoms in total. The lowest BCUT2D eigenvalue weighted by Crippen LogP contribution is -2.37. The Labute approximate surface area is 125 Å². The topological polar surface area (TPSA) is 67.3 Å². The first-order chi connectivity index (χ1) is 9.94. The van der Waals surface area contributed by atoms with Crippen LogP contribution in [0.5, 0.6) is 0 Å². The number of rotatable bonds is 2. The molecule has 2 rings (SSSR count). The van der Waals surface area contributed by atoms with Crippen molar-refractivity contribution in [1.29, 1.82) is 0 Å². The highest BCUT2D eigenvalue weighted by atomic mass is 16.6. The molecule has 1 amide bonds. The van der Waals surface area contributed by atoms with E-state index in [-0.39, 0.29) is 6.09 Å². The smallest absolute Gasteiger partial charge is 0.410 e. The van der Waals surface area contributed by atoms with Gasteiger partial charge in [-0.05, 0) is 40.0 Å². The van der Waals surface area contributed by atoms with Gasteiger partial charge in [0.25, 0.3) is 0 Å². The Morgan fingerprint density at radius 1 is 1.29 bits per heavy atom. The number of hydrogen-bond acceptors (Lipinski definition) is 5. The molecule has 0 spiro atoms. The van der Waals surface area contributed by atoms with E-state index in [0.29, 0.717) is 12.6 Å². The van der Waals surface area contributed by atoms with Crippen molar-refractivity contribution in [2.45, 2.75) is 51.7 Å². The third-order valence-electron chi connectivity index (χ3n) is 3.31. The first-order valence-corrected chi connectivity index (χ1v) is 7.43. The SMILES string of the molecule is CC(C)(C)OC(=O)N1CCCC(Nc2cncnc2)CC1. The highest BCUT2D eigenvalue weighted by molar-refractivity contribution is 5.68. The molecule has 0 aliphatic carbocycles. The van der Waals surface area contributed by atoms with Gasteiger partial charge in [-0.25, -0.2) is 14.8 Å². The van der Waals surface area contributed by atoms with Gasteiger partial charge in [0.05, 0.1) is 18.1 Å². The summed E-state index contributed by atoms with van der Waals surface area (Å²) < 4.78 is 5.43. The summed E-state index contributed by atoms with van der Waals surface area (Å²) in [6.45, 7) is 7.13. The number of anilines is 1. The number of carbonyl (C=O) groups is 1. The van der Waals surface area contributed by atoms with E-state index in [1.807, 2.05) is 20.8 Å².